The number of benzene rings is 3. The van der Waals surface area contributed by atoms with Gasteiger partial charge in [0.1, 0.15) is 17.5 Å². The molecule has 0 radical (unpaired) electrons. The SMILES string of the molecule is O=C(NCc1ccc(-c2ncc(-c3ccc(F)cc3)[nH]2)cc1)c1ccc(F)cc1. The van der Waals surface area contributed by atoms with Gasteiger partial charge in [-0.2, -0.15) is 0 Å². The summed E-state index contributed by atoms with van der Waals surface area (Å²) in [7, 11) is 0. The van der Waals surface area contributed by atoms with Crippen LogP contribution in [-0.4, -0.2) is 15.9 Å². The van der Waals surface area contributed by atoms with E-state index < -0.39 is 0 Å². The molecule has 1 amide bonds. The number of carbonyl (C=O) groups excluding carboxylic acids is 1. The molecule has 3 aromatic carbocycles. The van der Waals surface area contributed by atoms with E-state index in [4.69, 9.17) is 0 Å². The molecule has 0 aliphatic rings. The Balaban J connectivity index is 1.41. The molecule has 0 spiro atoms. The molecule has 4 rings (SSSR count). The number of rotatable bonds is 5. The van der Waals surface area contributed by atoms with Crippen LogP contribution in [0.2, 0.25) is 0 Å². The van der Waals surface area contributed by atoms with Crippen LogP contribution in [0.3, 0.4) is 0 Å². The van der Waals surface area contributed by atoms with Crippen LogP contribution >= 0.6 is 0 Å². The second-order valence-corrected chi connectivity index (χ2v) is 6.54. The molecule has 144 valence electrons. The van der Waals surface area contributed by atoms with Crippen molar-refractivity contribution in [1.82, 2.24) is 15.3 Å². The first-order valence-corrected chi connectivity index (χ1v) is 9.02. The van der Waals surface area contributed by atoms with Crippen molar-refractivity contribution < 1.29 is 13.6 Å². The number of nitrogens with zero attached hydrogens (tertiary/aromatic N) is 1. The van der Waals surface area contributed by atoms with Crippen LogP contribution in [0.5, 0.6) is 0 Å². The smallest absolute Gasteiger partial charge is 0.251 e. The van der Waals surface area contributed by atoms with Crippen molar-refractivity contribution in [3.8, 4) is 22.6 Å². The number of nitrogens with one attached hydrogen (secondary N) is 2. The van der Waals surface area contributed by atoms with E-state index in [9.17, 15) is 13.6 Å². The number of imidazole rings is 1. The molecule has 0 saturated heterocycles. The second kappa shape index (κ2) is 8.06. The summed E-state index contributed by atoms with van der Waals surface area (Å²) in [6.07, 6.45) is 1.71. The summed E-state index contributed by atoms with van der Waals surface area (Å²) >= 11 is 0. The number of carbonyl (C=O) groups is 1. The third-order valence-electron chi connectivity index (χ3n) is 4.52. The zero-order chi connectivity index (χ0) is 20.2. The van der Waals surface area contributed by atoms with Gasteiger partial charge in [0, 0.05) is 17.7 Å². The third kappa shape index (κ3) is 4.38. The van der Waals surface area contributed by atoms with Crippen LogP contribution in [0.15, 0.2) is 79.0 Å². The maximum absolute atomic E-state index is 13.1. The van der Waals surface area contributed by atoms with Gasteiger partial charge < -0.3 is 10.3 Å². The lowest BCUT2D eigenvalue weighted by Crippen LogP contribution is -2.22. The van der Waals surface area contributed by atoms with Gasteiger partial charge in [-0.25, -0.2) is 13.8 Å². The van der Waals surface area contributed by atoms with Gasteiger partial charge >= 0.3 is 0 Å². The van der Waals surface area contributed by atoms with E-state index in [1.165, 1.54) is 36.4 Å². The minimum atomic E-state index is -0.377. The van der Waals surface area contributed by atoms with E-state index in [1.54, 1.807) is 18.3 Å². The molecular weight excluding hydrogens is 372 g/mol. The summed E-state index contributed by atoms with van der Waals surface area (Å²) in [4.78, 5) is 19.7. The average molecular weight is 389 g/mol. The Morgan fingerprint density at radius 2 is 1.41 bits per heavy atom. The summed E-state index contributed by atoms with van der Waals surface area (Å²) in [6.45, 7) is 0.357. The molecule has 6 heteroatoms. The largest absolute Gasteiger partial charge is 0.348 e. The van der Waals surface area contributed by atoms with Crippen LogP contribution in [0.25, 0.3) is 22.6 Å². The molecule has 1 heterocycles. The lowest BCUT2D eigenvalue weighted by atomic mass is 10.1. The highest BCUT2D eigenvalue weighted by atomic mass is 19.1. The Bertz CT molecular complexity index is 1120. The maximum Gasteiger partial charge on any atom is 0.251 e. The van der Waals surface area contributed by atoms with Crippen LogP contribution in [0, 0.1) is 11.6 Å². The second-order valence-electron chi connectivity index (χ2n) is 6.54. The summed E-state index contributed by atoms with van der Waals surface area (Å²) < 4.78 is 26.0. The number of hydrogen-bond donors (Lipinski definition) is 2. The van der Waals surface area contributed by atoms with Crippen molar-refractivity contribution in [2.24, 2.45) is 0 Å². The van der Waals surface area contributed by atoms with Crippen molar-refractivity contribution in [3.05, 3.63) is 102 Å². The zero-order valence-electron chi connectivity index (χ0n) is 15.3. The summed E-state index contributed by atoms with van der Waals surface area (Å²) in [5.41, 5.74) is 3.88. The van der Waals surface area contributed by atoms with Gasteiger partial charge in [0.2, 0.25) is 0 Å². The van der Waals surface area contributed by atoms with Gasteiger partial charge in [0.05, 0.1) is 11.9 Å². The molecule has 2 N–H and O–H groups in total. The van der Waals surface area contributed by atoms with Gasteiger partial charge in [-0.05, 0) is 59.7 Å². The highest BCUT2D eigenvalue weighted by Crippen LogP contribution is 2.22. The van der Waals surface area contributed by atoms with E-state index in [-0.39, 0.29) is 17.5 Å². The fourth-order valence-corrected chi connectivity index (χ4v) is 2.91. The Morgan fingerprint density at radius 1 is 0.828 bits per heavy atom. The third-order valence-corrected chi connectivity index (χ3v) is 4.52. The van der Waals surface area contributed by atoms with E-state index in [0.717, 1.165) is 22.4 Å². The fourth-order valence-electron chi connectivity index (χ4n) is 2.91. The molecule has 0 fully saturated rings. The number of amides is 1. The minimum absolute atomic E-state index is 0.260. The highest BCUT2D eigenvalue weighted by Gasteiger charge is 2.08. The van der Waals surface area contributed by atoms with Crippen LogP contribution in [0.4, 0.5) is 8.78 Å². The van der Waals surface area contributed by atoms with E-state index in [0.29, 0.717) is 17.9 Å². The molecular formula is C23H17F2N3O. The molecule has 4 aromatic rings. The first kappa shape index (κ1) is 18.6. The molecule has 0 aliphatic heterocycles. The van der Waals surface area contributed by atoms with Gasteiger partial charge in [0.25, 0.3) is 5.91 Å². The summed E-state index contributed by atoms with van der Waals surface area (Å²) in [5, 5.41) is 2.81. The molecule has 0 bridgehead atoms. The summed E-state index contributed by atoms with van der Waals surface area (Å²) in [5.74, 6) is -0.219. The van der Waals surface area contributed by atoms with Crippen molar-refractivity contribution in [2.45, 2.75) is 6.54 Å². The maximum atomic E-state index is 13.1. The van der Waals surface area contributed by atoms with Crippen LogP contribution in [0.1, 0.15) is 15.9 Å². The van der Waals surface area contributed by atoms with Gasteiger partial charge in [-0.1, -0.05) is 24.3 Å². The standard InChI is InChI=1S/C23H17F2N3O/c24-19-9-5-16(6-10-19)21-14-26-22(28-21)17-3-1-15(2-4-17)13-27-23(29)18-7-11-20(25)12-8-18/h1-12,14H,13H2,(H,26,28)(H,27,29). The van der Waals surface area contributed by atoms with Crippen molar-refractivity contribution in [3.63, 3.8) is 0 Å². The lowest BCUT2D eigenvalue weighted by molar-refractivity contribution is 0.0951. The number of H-pyrrole nitrogens is 1. The molecule has 4 nitrogen and oxygen atoms in total. The summed E-state index contributed by atoms with van der Waals surface area (Å²) in [6, 6.07) is 19.2. The number of hydrogen-bond acceptors (Lipinski definition) is 2. The number of halogens is 2. The van der Waals surface area contributed by atoms with Crippen molar-refractivity contribution in [1.29, 1.82) is 0 Å². The van der Waals surface area contributed by atoms with Crippen molar-refractivity contribution in [2.75, 3.05) is 0 Å². The molecule has 0 unspecified atom stereocenters. The Morgan fingerprint density at radius 3 is 2.07 bits per heavy atom. The average Bonchev–Trinajstić information content (AvgIpc) is 3.24. The molecule has 0 aliphatic carbocycles. The molecule has 0 atom stereocenters. The normalized spacial score (nSPS) is 10.7. The zero-order valence-corrected chi connectivity index (χ0v) is 15.3. The molecule has 0 saturated carbocycles. The van der Waals surface area contributed by atoms with Gasteiger partial charge in [-0.15, -0.1) is 0 Å². The fraction of sp³-hybridized carbons (Fsp3) is 0.0435. The monoisotopic (exact) mass is 389 g/mol. The van der Waals surface area contributed by atoms with Crippen LogP contribution in [-0.2, 0) is 6.54 Å². The number of aromatic amines is 1. The first-order chi connectivity index (χ1) is 14.1. The predicted molar refractivity (Wildman–Crippen MR) is 107 cm³/mol. The lowest BCUT2D eigenvalue weighted by Gasteiger charge is -2.06. The van der Waals surface area contributed by atoms with Crippen molar-refractivity contribution >= 4 is 5.91 Å². The van der Waals surface area contributed by atoms with E-state index in [2.05, 4.69) is 15.3 Å². The minimum Gasteiger partial charge on any atom is -0.348 e. The Labute approximate surface area is 166 Å². The quantitative estimate of drug-likeness (QED) is 0.507. The predicted octanol–water partition coefficient (Wildman–Crippen LogP) is 4.95. The topological polar surface area (TPSA) is 57.8 Å². The van der Waals surface area contributed by atoms with E-state index in [1.807, 2.05) is 24.3 Å². The Hall–Kier alpha value is -3.80. The van der Waals surface area contributed by atoms with Gasteiger partial charge in [-0.3, -0.25) is 4.79 Å². The van der Waals surface area contributed by atoms with Crippen LogP contribution < -0.4 is 5.32 Å². The Kier molecular flexibility index (Phi) is 5.16. The molecule has 29 heavy (non-hydrogen) atoms. The first-order valence-electron chi connectivity index (χ1n) is 9.02. The highest BCUT2D eigenvalue weighted by molar-refractivity contribution is 5.94. The number of aromatic nitrogens is 2. The van der Waals surface area contributed by atoms with E-state index >= 15 is 0 Å². The molecule has 1 aromatic heterocycles. The van der Waals surface area contributed by atoms with Gasteiger partial charge in [0.15, 0.2) is 0 Å².